The number of aryl methyl sites for hydroxylation is 1. The molecule has 1 N–H and O–H groups in total. The number of nitrogens with one attached hydrogen (secondary N) is 1. The monoisotopic (exact) mass is 330 g/mol. The van der Waals surface area contributed by atoms with Crippen molar-refractivity contribution >= 4 is 6.03 Å². The molecule has 0 saturated carbocycles. The summed E-state index contributed by atoms with van der Waals surface area (Å²) in [7, 11) is 5.11. The molecule has 0 unspecified atom stereocenters. The van der Waals surface area contributed by atoms with E-state index in [0.29, 0.717) is 25.4 Å². The number of benzene rings is 1. The molecular weight excluding hydrogens is 308 g/mol. The molecule has 1 aromatic carbocycles. The summed E-state index contributed by atoms with van der Waals surface area (Å²) in [5.74, 6) is 1.42. The molecule has 0 radical (unpaired) electrons. The van der Waals surface area contributed by atoms with Crippen LogP contribution in [0.25, 0.3) is 0 Å². The lowest BCUT2D eigenvalue weighted by molar-refractivity contribution is 0.191. The van der Waals surface area contributed by atoms with E-state index in [-0.39, 0.29) is 6.03 Å². The van der Waals surface area contributed by atoms with E-state index in [9.17, 15) is 4.79 Å². The molecule has 128 valence electrons. The molecule has 7 nitrogen and oxygen atoms in total. The summed E-state index contributed by atoms with van der Waals surface area (Å²) in [5.41, 5.74) is 3.25. The number of aromatic nitrogens is 2. The van der Waals surface area contributed by atoms with Gasteiger partial charge in [-0.05, 0) is 35.7 Å². The fourth-order valence-corrected chi connectivity index (χ4v) is 2.91. The maximum atomic E-state index is 12.4. The second-order valence-corrected chi connectivity index (χ2v) is 5.75. The Morgan fingerprint density at radius 3 is 2.58 bits per heavy atom. The van der Waals surface area contributed by atoms with Crippen molar-refractivity contribution in [1.29, 1.82) is 0 Å². The van der Waals surface area contributed by atoms with E-state index in [1.165, 1.54) is 5.56 Å². The number of methoxy groups -OCH3 is 2. The molecule has 2 heterocycles. The second-order valence-electron chi connectivity index (χ2n) is 5.75. The minimum atomic E-state index is -0.0726. The van der Waals surface area contributed by atoms with E-state index in [1.54, 1.807) is 25.1 Å². The highest BCUT2D eigenvalue weighted by Gasteiger charge is 2.22. The molecule has 1 aromatic heterocycles. The predicted molar refractivity (Wildman–Crippen MR) is 89.1 cm³/mol. The first-order valence-electron chi connectivity index (χ1n) is 7.85. The average molecular weight is 330 g/mol. The van der Waals surface area contributed by atoms with Crippen molar-refractivity contribution in [3.8, 4) is 11.5 Å². The lowest BCUT2D eigenvalue weighted by atomic mass is 9.99. The van der Waals surface area contributed by atoms with Gasteiger partial charge in [-0.1, -0.05) is 0 Å². The van der Waals surface area contributed by atoms with Gasteiger partial charge in [0.15, 0.2) is 11.5 Å². The summed E-state index contributed by atoms with van der Waals surface area (Å²) in [4.78, 5) is 14.2. The summed E-state index contributed by atoms with van der Waals surface area (Å²) in [5, 5.41) is 7.05. The molecule has 2 amide bonds. The third kappa shape index (κ3) is 3.15. The molecular formula is C17H22N4O3. The molecule has 7 heteroatoms. The van der Waals surface area contributed by atoms with Crippen LogP contribution >= 0.6 is 0 Å². The number of urea groups is 1. The van der Waals surface area contributed by atoms with Crippen LogP contribution in [0.1, 0.15) is 16.8 Å². The fraction of sp³-hybridized carbons (Fsp3) is 0.412. The molecule has 3 rings (SSSR count). The Labute approximate surface area is 141 Å². The van der Waals surface area contributed by atoms with Crippen molar-refractivity contribution in [2.45, 2.75) is 19.5 Å². The molecule has 0 bridgehead atoms. The van der Waals surface area contributed by atoms with Crippen LogP contribution in [-0.4, -0.2) is 41.5 Å². The van der Waals surface area contributed by atoms with Crippen LogP contribution in [-0.2, 0) is 26.6 Å². The van der Waals surface area contributed by atoms with Crippen LogP contribution in [0.15, 0.2) is 24.4 Å². The van der Waals surface area contributed by atoms with Crippen LogP contribution in [0.5, 0.6) is 11.5 Å². The van der Waals surface area contributed by atoms with Crippen molar-refractivity contribution in [3.63, 3.8) is 0 Å². The van der Waals surface area contributed by atoms with E-state index in [2.05, 4.69) is 10.4 Å². The zero-order chi connectivity index (χ0) is 17.1. The smallest absolute Gasteiger partial charge is 0.318 e. The van der Waals surface area contributed by atoms with Crippen LogP contribution in [0.4, 0.5) is 4.79 Å². The topological polar surface area (TPSA) is 68.6 Å². The largest absolute Gasteiger partial charge is 0.493 e. The molecule has 0 atom stereocenters. The third-order valence-corrected chi connectivity index (χ3v) is 4.35. The van der Waals surface area contributed by atoms with Gasteiger partial charge in [0, 0.05) is 26.3 Å². The molecule has 0 saturated heterocycles. The minimum absolute atomic E-state index is 0.0726. The predicted octanol–water partition coefficient (Wildman–Crippen LogP) is 1.71. The van der Waals surface area contributed by atoms with E-state index in [0.717, 1.165) is 23.4 Å². The van der Waals surface area contributed by atoms with Gasteiger partial charge in [0.1, 0.15) is 0 Å². The van der Waals surface area contributed by atoms with Gasteiger partial charge >= 0.3 is 6.03 Å². The molecule has 1 aliphatic rings. The van der Waals surface area contributed by atoms with Crippen molar-refractivity contribution in [1.82, 2.24) is 20.0 Å². The standard InChI is InChI=1S/C17H22N4O3/c1-20-14(4-6-19-20)10-18-17(22)21-7-5-12-8-15(23-2)16(24-3)9-13(12)11-21/h4,6,8-9H,5,7,10-11H2,1-3H3,(H,18,22). The summed E-state index contributed by atoms with van der Waals surface area (Å²) < 4.78 is 12.4. The van der Waals surface area contributed by atoms with Gasteiger partial charge in [0.05, 0.1) is 26.5 Å². The van der Waals surface area contributed by atoms with E-state index in [1.807, 2.05) is 30.1 Å². The van der Waals surface area contributed by atoms with Gasteiger partial charge in [-0.15, -0.1) is 0 Å². The summed E-state index contributed by atoms with van der Waals surface area (Å²) in [6.45, 7) is 1.71. The highest BCUT2D eigenvalue weighted by Crippen LogP contribution is 2.33. The Morgan fingerprint density at radius 1 is 1.25 bits per heavy atom. The van der Waals surface area contributed by atoms with Crippen LogP contribution in [0, 0.1) is 0 Å². The normalized spacial score (nSPS) is 13.4. The number of carbonyl (C=O) groups excluding carboxylic acids is 1. The molecule has 2 aromatic rings. The molecule has 1 aliphatic heterocycles. The molecule has 0 fully saturated rings. The van der Waals surface area contributed by atoms with Gasteiger partial charge < -0.3 is 19.7 Å². The van der Waals surface area contributed by atoms with Crippen LogP contribution in [0.3, 0.4) is 0 Å². The van der Waals surface area contributed by atoms with Gasteiger partial charge in [-0.3, -0.25) is 4.68 Å². The zero-order valence-electron chi connectivity index (χ0n) is 14.2. The number of hydrogen-bond donors (Lipinski definition) is 1. The number of hydrogen-bond acceptors (Lipinski definition) is 4. The summed E-state index contributed by atoms with van der Waals surface area (Å²) in [6, 6.07) is 5.77. The van der Waals surface area contributed by atoms with Crippen molar-refractivity contribution in [2.75, 3.05) is 20.8 Å². The first-order chi connectivity index (χ1) is 11.6. The average Bonchev–Trinajstić information content (AvgIpc) is 3.02. The SMILES string of the molecule is COc1cc2c(cc1OC)CN(C(=O)NCc1ccnn1C)CC2. The Hall–Kier alpha value is -2.70. The van der Waals surface area contributed by atoms with E-state index in [4.69, 9.17) is 9.47 Å². The summed E-state index contributed by atoms with van der Waals surface area (Å²) >= 11 is 0. The maximum absolute atomic E-state index is 12.4. The molecule has 24 heavy (non-hydrogen) atoms. The van der Waals surface area contributed by atoms with Gasteiger partial charge in [-0.25, -0.2) is 4.79 Å². The number of amides is 2. The number of nitrogens with zero attached hydrogens (tertiary/aromatic N) is 3. The van der Waals surface area contributed by atoms with Gasteiger partial charge in [-0.2, -0.15) is 5.10 Å². The zero-order valence-corrected chi connectivity index (χ0v) is 14.2. The quantitative estimate of drug-likeness (QED) is 0.926. The third-order valence-electron chi connectivity index (χ3n) is 4.35. The lowest BCUT2D eigenvalue weighted by Crippen LogP contribution is -2.42. The number of ether oxygens (including phenoxy) is 2. The molecule has 0 spiro atoms. The van der Waals surface area contributed by atoms with Crippen LogP contribution < -0.4 is 14.8 Å². The Bertz CT molecular complexity index is 741. The van der Waals surface area contributed by atoms with E-state index >= 15 is 0 Å². The first-order valence-corrected chi connectivity index (χ1v) is 7.85. The van der Waals surface area contributed by atoms with Crippen molar-refractivity contribution < 1.29 is 14.3 Å². The number of fused-ring (bicyclic) bond motifs is 1. The Kier molecular flexibility index (Phi) is 4.59. The van der Waals surface area contributed by atoms with E-state index < -0.39 is 0 Å². The van der Waals surface area contributed by atoms with Gasteiger partial charge in [0.2, 0.25) is 0 Å². The van der Waals surface area contributed by atoms with Crippen molar-refractivity contribution in [3.05, 3.63) is 41.2 Å². The highest BCUT2D eigenvalue weighted by atomic mass is 16.5. The van der Waals surface area contributed by atoms with Gasteiger partial charge in [0.25, 0.3) is 0 Å². The summed E-state index contributed by atoms with van der Waals surface area (Å²) in [6.07, 6.45) is 2.52. The van der Waals surface area contributed by atoms with Crippen LogP contribution in [0.2, 0.25) is 0 Å². The maximum Gasteiger partial charge on any atom is 0.318 e. The Morgan fingerprint density at radius 2 is 1.96 bits per heavy atom. The lowest BCUT2D eigenvalue weighted by Gasteiger charge is -2.29. The second kappa shape index (κ2) is 6.82. The Balaban J connectivity index is 1.67. The highest BCUT2D eigenvalue weighted by molar-refractivity contribution is 5.74. The number of carbonyl (C=O) groups is 1. The molecule has 0 aliphatic carbocycles. The van der Waals surface area contributed by atoms with Crippen molar-refractivity contribution in [2.24, 2.45) is 7.05 Å². The fourth-order valence-electron chi connectivity index (χ4n) is 2.91. The first kappa shape index (κ1) is 16.2. The number of rotatable bonds is 4. The minimum Gasteiger partial charge on any atom is -0.493 e.